The fraction of sp³-hybridized carbons (Fsp3) is 0.200. The third kappa shape index (κ3) is 5.64. The Hall–Kier alpha value is -3.38. The van der Waals surface area contributed by atoms with Crippen LogP contribution in [0.2, 0.25) is 5.02 Å². The highest BCUT2D eigenvalue weighted by atomic mass is 35.5. The van der Waals surface area contributed by atoms with Gasteiger partial charge in [-0.05, 0) is 53.6 Å². The van der Waals surface area contributed by atoms with Crippen molar-refractivity contribution < 1.29 is 26.8 Å². The summed E-state index contributed by atoms with van der Waals surface area (Å²) in [5, 5.41) is 2.28. The molecule has 1 atom stereocenters. The van der Waals surface area contributed by atoms with Gasteiger partial charge in [-0.3, -0.25) is 9.59 Å². The van der Waals surface area contributed by atoms with E-state index in [1.54, 1.807) is 18.2 Å². The molecule has 37 heavy (non-hydrogen) atoms. The van der Waals surface area contributed by atoms with Crippen LogP contribution in [0.4, 0.5) is 8.78 Å². The minimum absolute atomic E-state index is 0.0536. The van der Waals surface area contributed by atoms with Crippen LogP contribution < -0.4 is 11.1 Å². The summed E-state index contributed by atoms with van der Waals surface area (Å²) in [5.74, 6) is -2.75. The van der Waals surface area contributed by atoms with E-state index in [0.29, 0.717) is 6.54 Å². The van der Waals surface area contributed by atoms with Crippen molar-refractivity contribution in [3.8, 4) is 0 Å². The van der Waals surface area contributed by atoms with Gasteiger partial charge in [0, 0.05) is 31.7 Å². The Morgan fingerprint density at radius 2 is 1.70 bits per heavy atom. The van der Waals surface area contributed by atoms with Gasteiger partial charge in [0.2, 0.25) is 10.0 Å². The number of benzene rings is 3. The lowest BCUT2D eigenvalue weighted by atomic mass is 10.1. The highest BCUT2D eigenvalue weighted by molar-refractivity contribution is 7.89. The summed E-state index contributed by atoms with van der Waals surface area (Å²) in [6, 6.07) is 14.8. The molecule has 1 saturated heterocycles. The topological polar surface area (TPSA) is 113 Å². The predicted molar refractivity (Wildman–Crippen MR) is 133 cm³/mol. The van der Waals surface area contributed by atoms with Gasteiger partial charge >= 0.3 is 0 Å². The summed E-state index contributed by atoms with van der Waals surface area (Å²) in [5.41, 5.74) is 7.33. The van der Waals surface area contributed by atoms with E-state index in [1.165, 1.54) is 12.1 Å². The number of amides is 2. The molecule has 1 aliphatic heterocycles. The van der Waals surface area contributed by atoms with Crippen LogP contribution >= 0.6 is 11.6 Å². The summed E-state index contributed by atoms with van der Waals surface area (Å²) in [7, 11) is -4.37. The molecular formula is C25H23ClF2N4O4S. The lowest BCUT2D eigenvalue weighted by Gasteiger charge is -2.29. The summed E-state index contributed by atoms with van der Waals surface area (Å²) >= 11 is 5.80. The van der Waals surface area contributed by atoms with Crippen molar-refractivity contribution in [3.63, 3.8) is 0 Å². The predicted octanol–water partition coefficient (Wildman–Crippen LogP) is 2.87. The van der Waals surface area contributed by atoms with Crippen molar-refractivity contribution in [2.45, 2.75) is 24.2 Å². The molecule has 0 saturated carbocycles. The molecule has 0 radical (unpaired) electrons. The largest absolute Gasteiger partial charge is 0.349 e. The van der Waals surface area contributed by atoms with E-state index in [9.17, 15) is 26.8 Å². The van der Waals surface area contributed by atoms with Crippen LogP contribution in [0.5, 0.6) is 0 Å². The van der Waals surface area contributed by atoms with E-state index >= 15 is 0 Å². The van der Waals surface area contributed by atoms with Crippen molar-refractivity contribution in [1.29, 1.82) is 0 Å². The molecule has 1 unspecified atom stereocenters. The average Bonchev–Trinajstić information content (AvgIpc) is 3.35. The number of nitrogens with two attached hydrogens (primary N) is 1. The van der Waals surface area contributed by atoms with Crippen molar-refractivity contribution in [1.82, 2.24) is 14.5 Å². The SMILES string of the molecule is NCc1cccc(CNC(=O)C2N(C(=O)c3ccc(F)cc3)CCN2S(=O)(=O)c2ccc(F)c(Cl)c2)c1. The van der Waals surface area contributed by atoms with E-state index in [-0.39, 0.29) is 30.1 Å². The summed E-state index contributed by atoms with van der Waals surface area (Å²) in [6.07, 6.45) is -1.55. The smallest absolute Gasteiger partial charge is 0.259 e. The van der Waals surface area contributed by atoms with Gasteiger partial charge in [0.05, 0.1) is 9.92 Å². The number of hydrogen-bond donors (Lipinski definition) is 2. The molecule has 8 nitrogen and oxygen atoms in total. The molecule has 0 aliphatic carbocycles. The van der Waals surface area contributed by atoms with E-state index in [0.717, 1.165) is 50.7 Å². The van der Waals surface area contributed by atoms with Gasteiger partial charge < -0.3 is 16.0 Å². The Kier molecular flexibility index (Phi) is 7.88. The Labute approximate surface area is 217 Å². The number of nitrogens with zero attached hydrogens (tertiary/aromatic N) is 2. The molecule has 194 valence electrons. The van der Waals surface area contributed by atoms with E-state index in [4.69, 9.17) is 17.3 Å². The monoisotopic (exact) mass is 548 g/mol. The first-order valence-corrected chi connectivity index (χ1v) is 13.0. The number of hydrogen-bond acceptors (Lipinski definition) is 5. The number of rotatable bonds is 7. The molecule has 3 N–H and O–H groups in total. The van der Waals surface area contributed by atoms with Crippen molar-refractivity contribution in [2.24, 2.45) is 5.73 Å². The third-order valence-corrected chi connectivity index (χ3v) is 8.05. The zero-order valence-corrected chi connectivity index (χ0v) is 21.0. The normalized spacial score (nSPS) is 16.1. The number of sulfonamides is 1. The fourth-order valence-electron chi connectivity index (χ4n) is 4.02. The average molecular weight is 549 g/mol. The first kappa shape index (κ1) is 26.7. The minimum Gasteiger partial charge on any atom is -0.349 e. The summed E-state index contributed by atoms with van der Waals surface area (Å²) < 4.78 is 54.9. The minimum atomic E-state index is -4.37. The third-order valence-electron chi connectivity index (χ3n) is 5.91. The van der Waals surface area contributed by atoms with E-state index < -0.39 is 44.7 Å². The van der Waals surface area contributed by atoms with Crippen molar-refractivity contribution in [3.05, 3.63) is 100 Å². The maximum absolute atomic E-state index is 13.7. The Morgan fingerprint density at radius 3 is 2.38 bits per heavy atom. The van der Waals surface area contributed by atoms with Crippen LogP contribution in [0.3, 0.4) is 0 Å². The van der Waals surface area contributed by atoms with Crippen molar-refractivity contribution >= 4 is 33.4 Å². The number of nitrogens with one attached hydrogen (secondary N) is 1. The Bertz CT molecular complexity index is 1440. The fourth-order valence-corrected chi connectivity index (χ4v) is 5.84. The zero-order chi connectivity index (χ0) is 26.7. The lowest BCUT2D eigenvalue weighted by molar-refractivity contribution is -0.127. The highest BCUT2D eigenvalue weighted by Crippen LogP contribution is 2.28. The van der Waals surface area contributed by atoms with Gasteiger partial charge in [-0.25, -0.2) is 17.2 Å². The van der Waals surface area contributed by atoms with Crippen LogP contribution in [0, 0.1) is 11.6 Å². The molecule has 3 aromatic rings. The molecule has 1 heterocycles. The van der Waals surface area contributed by atoms with Crippen LogP contribution in [0.25, 0.3) is 0 Å². The Morgan fingerprint density at radius 1 is 1.00 bits per heavy atom. The van der Waals surface area contributed by atoms with E-state index in [2.05, 4.69) is 5.32 Å². The highest BCUT2D eigenvalue weighted by Gasteiger charge is 2.46. The second kappa shape index (κ2) is 10.9. The molecule has 0 bridgehead atoms. The summed E-state index contributed by atoms with van der Waals surface area (Å²) in [4.78, 5) is 27.4. The maximum atomic E-state index is 13.7. The quantitative estimate of drug-likeness (QED) is 0.471. The van der Waals surface area contributed by atoms with Gasteiger partial charge in [0.1, 0.15) is 11.6 Å². The molecular weight excluding hydrogens is 526 g/mol. The molecule has 4 rings (SSSR count). The number of carbonyl (C=O) groups excluding carboxylic acids is 2. The van der Waals surface area contributed by atoms with Crippen molar-refractivity contribution in [2.75, 3.05) is 13.1 Å². The standard InChI is InChI=1S/C25H23ClF2N4O4S/c26-21-13-20(8-9-22(21)28)37(35,36)32-11-10-31(25(34)18-4-6-19(27)7-5-18)24(32)23(33)30-15-17-3-1-2-16(12-17)14-29/h1-9,12-13,24H,10-11,14-15,29H2,(H,30,33). The second-order valence-electron chi connectivity index (χ2n) is 8.31. The second-order valence-corrected chi connectivity index (χ2v) is 10.6. The van der Waals surface area contributed by atoms with Crippen LogP contribution in [-0.4, -0.2) is 48.7 Å². The van der Waals surface area contributed by atoms with Crippen LogP contribution in [0.15, 0.2) is 71.6 Å². The van der Waals surface area contributed by atoms with E-state index in [1.807, 2.05) is 6.07 Å². The molecule has 3 aromatic carbocycles. The maximum Gasteiger partial charge on any atom is 0.259 e. The Balaban J connectivity index is 1.66. The lowest BCUT2D eigenvalue weighted by Crippen LogP contribution is -2.53. The van der Waals surface area contributed by atoms with Crippen LogP contribution in [-0.2, 0) is 27.9 Å². The van der Waals surface area contributed by atoms with Gasteiger partial charge in [0.25, 0.3) is 11.8 Å². The zero-order valence-electron chi connectivity index (χ0n) is 19.4. The number of carbonyl (C=O) groups is 2. The van der Waals surface area contributed by atoms with Gasteiger partial charge in [-0.15, -0.1) is 0 Å². The molecule has 2 amide bonds. The first-order chi connectivity index (χ1) is 17.6. The molecule has 12 heteroatoms. The molecule has 0 aromatic heterocycles. The summed E-state index contributed by atoms with van der Waals surface area (Å²) in [6.45, 7) is 0.0464. The first-order valence-electron chi connectivity index (χ1n) is 11.2. The van der Waals surface area contributed by atoms with Gasteiger partial charge in [-0.1, -0.05) is 35.9 Å². The molecule has 0 spiro atoms. The molecule has 1 fully saturated rings. The van der Waals surface area contributed by atoms with Crippen LogP contribution in [0.1, 0.15) is 21.5 Å². The number of halogens is 3. The van der Waals surface area contributed by atoms with Gasteiger partial charge in [-0.2, -0.15) is 4.31 Å². The molecule has 1 aliphatic rings. The van der Waals surface area contributed by atoms with Gasteiger partial charge in [0.15, 0.2) is 6.17 Å².